The molecule has 0 fully saturated rings. The average molecular weight is 287 g/mol. The minimum atomic E-state index is -0.895. The van der Waals surface area contributed by atoms with Crippen molar-refractivity contribution in [2.75, 3.05) is 33.2 Å². The van der Waals surface area contributed by atoms with Gasteiger partial charge in [0, 0.05) is 19.1 Å². The lowest BCUT2D eigenvalue weighted by atomic mass is 10.3. The number of carbonyl (C=O) groups is 3. The van der Waals surface area contributed by atoms with Crippen LogP contribution in [0.1, 0.15) is 27.2 Å². The van der Waals surface area contributed by atoms with Crippen molar-refractivity contribution < 1.29 is 19.5 Å². The second-order valence-corrected chi connectivity index (χ2v) is 5.01. The SMILES string of the molecule is CCN(CC(=O)NC(C)C)C(=O)CN(C)CCC(=O)O. The molecule has 7 nitrogen and oxygen atoms in total. The monoisotopic (exact) mass is 287 g/mol. The maximum absolute atomic E-state index is 12.0. The van der Waals surface area contributed by atoms with Gasteiger partial charge in [-0.1, -0.05) is 0 Å². The molecule has 0 atom stereocenters. The molecule has 2 N–H and O–H groups in total. The van der Waals surface area contributed by atoms with Gasteiger partial charge in [0.05, 0.1) is 19.5 Å². The molecule has 2 amide bonds. The highest BCUT2D eigenvalue weighted by Crippen LogP contribution is 1.95. The Morgan fingerprint density at radius 3 is 2.25 bits per heavy atom. The smallest absolute Gasteiger partial charge is 0.304 e. The van der Waals surface area contributed by atoms with E-state index in [4.69, 9.17) is 5.11 Å². The second kappa shape index (κ2) is 9.30. The number of aliphatic carboxylic acids is 1. The molecule has 0 heterocycles. The normalized spacial score (nSPS) is 10.7. The maximum atomic E-state index is 12.0. The van der Waals surface area contributed by atoms with E-state index >= 15 is 0 Å². The van der Waals surface area contributed by atoms with Crippen molar-refractivity contribution in [3.05, 3.63) is 0 Å². The van der Waals surface area contributed by atoms with Crippen LogP contribution in [0.3, 0.4) is 0 Å². The fraction of sp³-hybridized carbons (Fsp3) is 0.769. The number of carbonyl (C=O) groups excluding carboxylic acids is 2. The molecule has 0 spiro atoms. The van der Waals surface area contributed by atoms with Crippen molar-refractivity contribution >= 4 is 17.8 Å². The van der Waals surface area contributed by atoms with Crippen LogP contribution in [0.15, 0.2) is 0 Å². The lowest BCUT2D eigenvalue weighted by Gasteiger charge is -2.24. The van der Waals surface area contributed by atoms with Crippen LogP contribution >= 0.6 is 0 Å². The predicted molar refractivity (Wildman–Crippen MR) is 75.3 cm³/mol. The number of nitrogens with one attached hydrogen (secondary N) is 1. The van der Waals surface area contributed by atoms with Gasteiger partial charge >= 0.3 is 5.97 Å². The molecule has 0 unspecified atom stereocenters. The van der Waals surface area contributed by atoms with Crippen molar-refractivity contribution in [3.63, 3.8) is 0 Å². The van der Waals surface area contributed by atoms with E-state index in [1.165, 1.54) is 4.90 Å². The maximum Gasteiger partial charge on any atom is 0.304 e. The van der Waals surface area contributed by atoms with Crippen LogP contribution in [0.4, 0.5) is 0 Å². The van der Waals surface area contributed by atoms with Crippen LogP contribution in [0.2, 0.25) is 0 Å². The number of carboxylic acids is 1. The molecule has 20 heavy (non-hydrogen) atoms. The zero-order valence-corrected chi connectivity index (χ0v) is 12.7. The molecule has 116 valence electrons. The molecule has 0 saturated heterocycles. The fourth-order valence-corrected chi connectivity index (χ4v) is 1.61. The van der Waals surface area contributed by atoms with E-state index in [9.17, 15) is 14.4 Å². The van der Waals surface area contributed by atoms with Gasteiger partial charge in [-0.05, 0) is 27.8 Å². The lowest BCUT2D eigenvalue weighted by Crippen LogP contribution is -2.45. The van der Waals surface area contributed by atoms with Crippen LogP contribution in [-0.4, -0.2) is 72.0 Å². The summed E-state index contributed by atoms with van der Waals surface area (Å²) in [5.74, 6) is -1.27. The third-order valence-electron chi connectivity index (χ3n) is 2.63. The Hall–Kier alpha value is -1.63. The molecule has 7 heteroatoms. The minimum Gasteiger partial charge on any atom is -0.481 e. The third-order valence-corrected chi connectivity index (χ3v) is 2.63. The van der Waals surface area contributed by atoms with Crippen LogP contribution in [0, 0.1) is 0 Å². The Balaban J connectivity index is 4.26. The van der Waals surface area contributed by atoms with Crippen molar-refractivity contribution in [1.82, 2.24) is 15.1 Å². The summed E-state index contributed by atoms with van der Waals surface area (Å²) in [5, 5.41) is 11.3. The Morgan fingerprint density at radius 2 is 1.80 bits per heavy atom. The molecule has 0 rings (SSSR count). The first-order valence-electron chi connectivity index (χ1n) is 6.73. The fourth-order valence-electron chi connectivity index (χ4n) is 1.61. The summed E-state index contributed by atoms with van der Waals surface area (Å²) in [5.41, 5.74) is 0. The molecule has 0 aliphatic carbocycles. The Labute approximate surface area is 119 Å². The van der Waals surface area contributed by atoms with E-state index in [-0.39, 0.29) is 37.4 Å². The zero-order chi connectivity index (χ0) is 15.7. The van der Waals surface area contributed by atoms with Gasteiger partial charge in [0.15, 0.2) is 0 Å². The van der Waals surface area contributed by atoms with E-state index < -0.39 is 5.97 Å². The molecule has 0 bridgehead atoms. The first kappa shape index (κ1) is 18.4. The molecule has 0 saturated carbocycles. The van der Waals surface area contributed by atoms with Crippen molar-refractivity contribution in [3.8, 4) is 0 Å². The predicted octanol–water partition coefficient (Wildman–Crippen LogP) is -0.234. The molecule has 0 aromatic carbocycles. The van der Waals surface area contributed by atoms with E-state index in [0.717, 1.165) is 0 Å². The summed E-state index contributed by atoms with van der Waals surface area (Å²) in [6.07, 6.45) is -0.0102. The third kappa shape index (κ3) is 8.47. The van der Waals surface area contributed by atoms with Gasteiger partial charge < -0.3 is 15.3 Å². The average Bonchev–Trinajstić information content (AvgIpc) is 2.32. The number of likely N-dealkylation sites (N-methyl/N-ethyl adjacent to an activating group) is 2. The Morgan fingerprint density at radius 1 is 1.20 bits per heavy atom. The number of hydrogen-bond acceptors (Lipinski definition) is 4. The summed E-state index contributed by atoms with van der Waals surface area (Å²) in [4.78, 5) is 37.2. The highest BCUT2D eigenvalue weighted by atomic mass is 16.4. The summed E-state index contributed by atoms with van der Waals surface area (Å²) >= 11 is 0. The van der Waals surface area contributed by atoms with Crippen molar-refractivity contribution in [2.24, 2.45) is 0 Å². The van der Waals surface area contributed by atoms with Crippen LogP contribution < -0.4 is 5.32 Å². The van der Waals surface area contributed by atoms with Gasteiger partial charge in [0.1, 0.15) is 0 Å². The standard InChI is InChI=1S/C13H25N3O4/c1-5-16(8-11(17)14-10(2)3)12(18)9-15(4)7-6-13(19)20/h10H,5-9H2,1-4H3,(H,14,17)(H,19,20). The summed E-state index contributed by atoms with van der Waals surface area (Å²) in [6.45, 7) is 6.40. The number of amides is 2. The molecular formula is C13H25N3O4. The Kier molecular flexibility index (Phi) is 8.54. The van der Waals surface area contributed by atoms with E-state index in [0.29, 0.717) is 13.1 Å². The Bertz CT molecular complexity index is 345. The van der Waals surface area contributed by atoms with Gasteiger partial charge in [-0.25, -0.2) is 0 Å². The second-order valence-electron chi connectivity index (χ2n) is 5.01. The molecule has 0 aliphatic heterocycles. The number of rotatable bonds is 9. The minimum absolute atomic E-state index is 0.0102. The molecule has 0 aromatic rings. The van der Waals surface area contributed by atoms with Gasteiger partial charge in [0.25, 0.3) is 0 Å². The largest absolute Gasteiger partial charge is 0.481 e. The zero-order valence-electron chi connectivity index (χ0n) is 12.7. The molecule has 0 radical (unpaired) electrons. The summed E-state index contributed by atoms with van der Waals surface area (Å²) in [7, 11) is 1.68. The number of hydrogen-bond donors (Lipinski definition) is 2. The number of carboxylic acid groups (broad SMARTS) is 1. The van der Waals surface area contributed by atoms with Gasteiger partial charge in [-0.15, -0.1) is 0 Å². The van der Waals surface area contributed by atoms with Crippen molar-refractivity contribution in [1.29, 1.82) is 0 Å². The van der Waals surface area contributed by atoms with E-state index in [1.54, 1.807) is 18.9 Å². The van der Waals surface area contributed by atoms with Gasteiger partial charge in [-0.3, -0.25) is 19.3 Å². The first-order chi connectivity index (χ1) is 9.26. The van der Waals surface area contributed by atoms with Crippen LogP contribution in [0.25, 0.3) is 0 Å². The first-order valence-corrected chi connectivity index (χ1v) is 6.73. The number of nitrogens with zero attached hydrogens (tertiary/aromatic N) is 2. The van der Waals surface area contributed by atoms with Crippen LogP contribution in [-0.2, 0) is 14.4 Å². The quantitative estimate of drug-likeness (QED) is 0.611. The molecule has 0 aromatic heterocycles. The summed E-state index contributed by atoms with van der Waals surface area (Å²) in [6, 6.07) is 0.0366. The lowest BCUT2D eigenvalue weighted by molar-refractivity contribution is -0.139. The molecular weight excluding hydrogens is 262 g/mol. The van der Waals surface area contributed by atoms with E-state index in [2.05, 4.69) is 5.32 Å². The molecule has 0 aliphatic rings. The van der Waals surface area contributed by atoms with Gasteiger partial charge in [-0.2, -0.15) is 0 Å². The van der Waals surface area contributed by atoms with Crippen molar-refractivity contribution in [2.45, 2.75) is 33.2 Å². The topological polar surface area (TPSA) is 90.0 Å². The van der Waals surface area contributed by atoms with Gasteiger partial charge in [0.2, 0.25) is 11.8 Å². The highest BCUT2D eigenvalue weighted by Gasteiger charge is 2.17. The van der Waals surface area contributed by atoms with Crippen LogP contribution in [0.5, 0.6) is 0 Å². The summed E-state index contributed by atoms with van der Waals surface area (Å²) < 4.78 is 0. The highest BCUT2D eigenvalue weighted by molar-refractivity contribution is 5.85. The van der Waals surface area contributed by atoms with E-state index in [1.807, 2.05) is 13.8 Å².